The number of halogens is 1. The van der Waals surface area contributed by atoms with Crippen LogP contribution in [0.15, 0.2) is 35.2 Å². The first kappa shape index (κ1) is 16.2. The van der Waals surface area contributed by atoms with Gasteiger partial charge < -0.3 is 10.6 Å². The fraction of sp³-hybridized carbons (Fsp3) is 0.133. The van der Waals surface area contributed by atoms with E-state index < -0.39 is 0 Å². The second kappa shape index (κ2) is 7.72. The predicted molar refractivity (Wildman–Crippen MR) is 90.2 cm³/mol. The van der Waals surface area contributed by atoms with Crippen molar-refractivity contribution in [2.45, 2.75) is 13.3 Å². The van der Waals surface area contributed by atoms with Gasteiger partial charge in [-0.1, -0.05) is 18.5 Å². The van der Waals surface area contributed by atoms with Crippen molar-refractivity contribution >= 4 is 52.2 Å². The SMILES string of the molecule is CCC(=O)Nc1ccc(Cl)c(NC(=O)/C=C\c2cscn2)c1. The Hall–Kier alpha value is -2.18. The van der Waals surface area contributed by atoms with Crippen LogP contribution in [0.4, 0.5) is 11.4 Å². The lowest BCUT2D eigenvalue weighted by atomic mass is 10.2. The number of aromatic nitrogens is 1. The number of rotatable bonds is 5. The Labute approximate surface area is 137 Å². The average Bonchev–Trinajstić information content (AvgIpc) is 3.02. The van der Waals surface area contributed by atoms with Crippen LogP contribution in [-0.4, -0.2) is 16.8 Å². The summed E-state index contributed by atoms with van der Waals surface area (Å²) < 4.78 is 0. The van der Waals surface area contributed by atoms with Crippen molar-refractivity contribution in [2.75, 3.05) is 10.6 Å². The van der Waals surface area contributed by atoms with Crippen LogP contribution < -0.4 is 10.6 Å². The van der Waals surface area contributed by atoms with Crippen molar-refractivity contribution in [3.8, 4) is 0 Å². The fourth-order valence-corrected chi connectivity index (χ4v) is 2.27. The zero-order chi connectivity index (χ0) is 15.9. The van der Waals surface area contributed by atoms with Crippen LogP contribution in [0.2, 0.25) is 5.02 Å². The van der Waals surface area contributed by atoms with Crippen LogP contribution >= 0.6 is 22.9 Å². The average molecular weight is 336 g/mol. The van der Waals surface area contributed by atoms with Crippen LogP contribution in [0.1, 0.15) is 19.0 Å². The Balaban J connectivity index is 2.06. The number of hydrogen-bond donors (Lipinski definition) is 2. The van der Waals surface area contributed by atoms with Gasteiger partial charge in [0.05, 0.1) is 21.9 Å². The molecule has 7 heteroatoms. The van der Waals surface area contributed by atoms with Crippen molar-refractivity contribution in [3.63, 3.8) is 0 Å². The lowest BCUT2D eigenvalue weighted by molar-refractivity contribution is -0.116. The van der Waals surface area contributed by atoms with Gasteiger partial charge in [0.2, 0.25) is 11.8 Å². The molecule has 114 valence electrons. The topological polar surface area (TPSA) is 71.1 Å². The first-order valence-corrected chi connectivity index (χ1v) is 7.87. The van der Waals surface area contributed by atoms with Crippen LogP contribution in [0.25, 0.3) is 6.08 Å². The summed E-state index contributed by atoms with van der Waals surface area (Å²) in [5.41, 5.74) is 3.42. The molecule has 0 bridgehead atoms. The lowest BCUT2D eigenvalue weighted by Crippen LogP contribution is -2.11. The van der Waals surface area contributed by atoms with Crippen molar-refractivity contribution in [3.05, 3.63) is 45.9 Å². The van der Waals surface area contributed by atoms with Gasteiger partial charge in [0.1, 0.15) is 0 Å². The minimum atomic E-state index is -0.325. The molecule has 0 saturated heterocycles. The van der Waals surface area contributed by atoms with Gasteiger partial charge in [-0.05, 0) is 24.3 Å². The largest absolute Gasteiger partial charge is 0.326 e. The maximum absolute atomic E-state index is 11.9. The zero-order valence-corrected chi connectivity index (χ0v) is 13.4. The molecular weight excluding hydrogens is 322 g/mol. The van der Waals surface area contributed by atoms with Crippen molar-refractivity contribution < 1.29 is 9.59 Å². The monoisotopic (exact) mass is 335 g/mol. The maximum Gasteiger partial charge on any atom is 0.248 e. The van der Waals surface area contributed by atoms with Crippen molar-refractivity contribution in [2.24, 2.45) is 0 Å². The molecule has 0 unspecified atom stereocenters. The number of thiazole rings is 1. The summed E-state index contributed by atoms with van der Waals surface area (Å²) in [5, 5.41) is 7.61. The standard InChI is InChI=1S/C15H14ClN3O2S/c1-2-14(20)18-10-3-5-12(16)13(7-10)19-15(21)6-4-11-8-22-9-17-11/h3-9H,2H2,1H3,(H,18,20)(H,19,21)/b6-4-. The second-order valence-electron chi connectivity index (χ2n) is 4.33. The summed E-state index contributed by atoms with van der Waals surface area (Å²) in [4.78, 5) is 27.3. The third-order valence-electron chi connectivity index (χ3n) is 2.69. The third-order valence-corrected chi connectivity index (χ3v) is 3.62. The molecule has 2 amide bonds. The molecule has 1 aromatic heterocycles. The summed E-state index contributed by atoms with van der Waals surface area (Å²) in [6.07, 6.45) is 3.37. The molecule has 2 rings (SSSR count). The third kappa shape index (κ3) is 4.68. The molecule has 0 atom stereocenters. The first-order chi connectivity index (χ1) is 10.6. The summed E-state index contributed by atoms with van der Waals surface area (Å²) in [6, 6.07) is 4.91. The molecule has 0 aliphatic rings. The molecule has 2 aromatic rings. The van der Waals surface area contributed by atoms with Crippen LogP contribution in [0.3, 0.4) is 0 Å². The first-order valence-electron chi connectivity index (χ1n) is 6.55. The van der Waals surface area contributed by atoms with Gasteiger partial charge in [-0.15, -0.1) is 11.3 Å². The molecule has 0 saturated carbocycles. The van der Waals surface area contributed by atoms with E-state index in [1.54, 1.807) is 36.7 Å². The van der Waals surface area contributed by atoms with E-state index in [2.05, 4.69) is 15.6 Å². The summed E-state index contributed by atoms with van der Waals surface area (Å²) in [6.45, 7) is 1.76. The highest BCUT2D eigenvalue weighted by Gasteiger charge is 2.06. The molecule has 5 nitrogen and oxygen atoms in total. The maximum atomic E-state index is 11.9. The van der Waals surface area contributed by atoms with Gasteiger partial charge in [0.15, 0.2) is 0 Å². The number of carbonyl (C=O) groups excluding carboxylic acids is 2. The molecular formula is C15H14ClN3O2S. The second-order valence-corrected chi connectivity index (χ2v) is 5.46. The Bertz CT molecular complexity index is 699. The number of amides is 2. The van der Waals surface area contributed by atoms with Crippen molar-refractivity contribution in [1.82, 2.24) is 4.98 Å². The molecule has 0 aliphatic carbocycles. The highest BCUT2D eigenvalue weighted by atomic mass is 35.5. The smallest absolute Gasteiger partial charge is 0.248 e. The van der Waals surface area contributed by atoms with E-state index in [-0.39, 0.29) is 11.8 Å². The van der Waals surface area contributed by atoms with Gasteiger partial charge in [0, 0.05) is 23.6 Å². The van der Waals surface area contributed by atoms with E-state index in [1.165, 1.54) is 17.4 Å². The van der Waals surface area contributed by atoms with Crippen LogP contribution in [0, 0.1) is 0 Å². The van der Waals surface area contributed by atoms with Gasteiger partial charge in [-0.3, -0.25) is 9.59 Å². The Kier molecular flexibility index (Phi) is 5.68. The molecule has 2 N–H and O–H groups in total. The van der Waals surface area contributed by atoms with E-state index >= 15 is 0 Å². The number of nitrogens with one attached hydrogen (secondary N) is 2. The van der Waals surface area contributed by atoms with E-state index in [0.29, 0.717) is 22.8 Å². The lowest BCUT2D eigenvalue weighted by Gasteiger charge is -2.09. The van der Waals surface area contributed by atoms with Crippen LogP contribution in [0.5, 0.6) is 0 Å². The van der Waals surface area contributed by atoms with Crippen LogP contribution in [-0.2, 0) is 9.59 Å². The van der Waals surface area contributed by atoms with Gasteiger partial charge in [-0.25, -0.2) is 4.98 Å². The van der Waals surface area contributed by atoms with E-state index in [4.69, 9.17) is 11.6 Å². The minimum Gasteiger partial charge on any atom is -0.326 e. The fourth-order valence-electron chi connectivity index (χ4n) is 1.59. The van der Waals surface area contributed by atoms with Crippen molar-refractivity contribution in [1.29, 1.82) is 0 Å². The molecule has 1 aromatic carbocycles. The number of carbonyl (C=O) groups is 2. The van der Waals surface area contributed by atoms with Gasteiger partial charge in [-0.2, -0.15) is 0 Å². The highest BCUT2D eigenvalue weighted by Crippen LogP contribution is 2.25. The highest BCUT2D eigenvalue weighted by molar-refractivity contribution is 7.07. The molecule has 0 spiro atoms. The molecule has 0 radical (unpaired) electrons. The van der Waals surface area contributed by atoms with Gasteiger partial charge in [0.25, 0.3) is 0 Å². The summed E-state index contributed by atoms with van der Waals surface area (Å²) >= 11 is 7.50. The number of benzene rings is 1. The number of anilines is 2. The summed E-state index contributed by atoms with van der Waals surface area (Å²) in [5.74, 6) is -0.433. The Morgan fingerprint density at radius 2 is 2.18 bits per heavy atom. The Morgan fingerprint density at radius 3 is 2.86 bits per heavy atom. The van der Waals surface area contributed by atoms with E-state index in [1.807, 2.05) is 5.38 Å². The molecule has 0 aliphatic heterocycles. The van der Waals surface area contributed by atoms with Gasteiger partial charge >= 0.3 is 0 Å². The number of hydrogen-bond acceptors (Lipinski definition) is 4. The molecule has 1 heterocycles. The summed E-state index contributed by atoms with van der Waals surface area (Å²) in [7, 11) is 0. The molecule has 22 heavy (non-hydrogen) atoms. The van der Waals surface area contributed by atoms with E-state index in [9.17, 15) is 9.59 Å². The molecule has 0 fully saturated rings. The van der Waals surface area contributed by atoms with E-state index in [0.717, 1.165) is 5.69 Å². The quantitative estimate of drug-likeness (QED) is 0.816. The normalized spacial score (nSPS) is 10.6. The Morgan fingerprint density at radius 1 is 1.36 bits per heavy atom. The predicted octanol–water partition coefficient (Wildman–Crippen LogP) is 3.80. The zero-order valence-electron chi connectivity index (χ0n) is 11.8. The minimum absolute atomic E-state index is 0.108. The number of nitrogens with zero attached hydrogens (tertiary/aromatic N) is 1.